The molecule has 0 aliphatic rings. The van der Waals surface area contributed by atoms with Crippen molar-refractivity contribution in [1.82, 2.24) is 19.6 Å². The summed E-state index contributed by atoms with van der Waals surface area (Å²) in [4.78, 5) is 32.1. The Bertz CT molecular complexity index is 1010. The molecule has 2 aromatic heterocycles. The van der Waals surface area contributed by atoms with Gasteiger partial charge < -0.3 is 10.4 Å². The molecule has 0 atom stereocenters. The van der Waals surface area contributed by atoms with Gasteiger partial charge in [-0.15, -0.1) is 5.10 Å². The normalized spacial score (nSPS) is 11.5. The third-order valence-electron chi connectivity index (χ3n) is 4.22. The Morgan fingerprint density at radius 2 is 1.77 bits per heavy atom. The Balaban J connectivity index is 1.82. The molecule has 0 saturated heterocycles. The summed E-state index contributed by atoms with van der Waals surface area (Å²) in [6, 6.07) is 8.51. The van der Waals surface area contributed by atoms with E-state index in [1.165, 1.54) is 4.52 Å². The zero-order valence-electron chi connectivity index (χ0n) is 14.9. The van der Waals surface area contributed by atoms with Crippen LogP contribution in [0.5, 0.6) is 0 Å². The molecule has 2 N–H and O–H groups in total. The number of hydrogen-bond donors (Lipinski definition) is 2. The van der Waals surface area contributed by atoms with Crippen LogP contribution in [0.15, 0.2) is 30.3 Å². The first-order valence-corrected chi connectivity index (χ1v) is 8.05. The molecule has 26 heavy (non-hydrogen) atoms. The van der Waals surface area contributed by atoms with Crippen LogP contribution in [0.1, 0.15) is 41.4 Å². The van der Waals surface area contributed by atoms with Gasteiger partial charge in [0.2, 0.25) is 5.82 Å². The lowest BCUT2D eigenvalue weighted by Gasteiger charge is -2.19. The van der Waals surface area contributed by atoms with Crippen molar-refractivity contribution in [2.24, 2.45) is 0 Å². The molecule has 0 unspecified atom stereocenters. The van der Waals surface area contributed by atoms with Crippen LogP contribution >= 0.6 is 0 Å². The van der Waals surface area contributed by atoms with E-state index in [1.807, 2.05) is 19.9 Å². The van der Waals surface area contributed by atoms with Crippen molar-refractivity contribution in [3.63, 3.8) is 0 Å². The molecule has 3 rings (SSSR count). The summed E-state index contributed by atoms with van der Waals surface area (Å²) in [5.41, 5.74) is 1.79. The summed E-state index contributed by atoms with van der Waals surface area (Å²) in [7, 11) is 0. The molecular weight excluding hydrogens is 334 g/mol. The van der Waals surface area contributed by atoms with Crippen molar-refractivity contribution >= 4 is 23.3 Å². The fourth-order valence-corrected chi connectivity index (χ4v) is 2.54. The van der Waals surface area contributed by atoms with Gasteiger partial charge in [-0.25, -0.2) is 9.50 Å². The van der Waals surface area contributed by atoms with Gasteiger partial charge in [0.25, 0.3) is 11.7 Å². The number of benzene rings is 1. The Morgan fingerprint density at radius 1 is 1.12 bits per heavy atom. The summed E-state index contributed by atoms with van der Waals surface area (Å²) < 4.78 is 1.51. The number of aliphatic carboxylic acids is 1. The van der Waals surface area contributed by atoms with E-state index in [1.54, 1.807) is 38.1 Å². The van der Waals surface area contributed by atoms with Gasteiger partial charge in [-0.05, 0) is 51.5 Å². The van der Waals surface area contributed by atoms with Crippen molar-refractivity contribution in [3.05, 3.63) is 53.1 Å². The summed E-state index contributed by atoms with van der Waals surface area (Å²) in [6.07, 6.45) is 0. The van der Waals surface area contributed by atoms with Crippen LogP contribution in [0.3, 0.4) is 0 Å². The monoisotopic (exact) mass is 353 g/mol. The third kappa shape index (κ3) is 3.13. The number of carbonyl (C=O) groups is 2. The van der Waals surface area contributed by atoms with E-state index in [0.717, 1.165) is 11.4 Å². The molecule has 0 aliphatic heterocycles. The van der Waals surface area contributed by atoms with E-state index in [4.69, 9.17) is 0 Å². The zero-order chi connectivity index (χ0) is 19.1. The lowest BCUT2D eigenvalue weighted by Crippen LogP contribution is -2.28. The molecule has 0 spiro atoms. The molecule has 134 valence electrons. The molecule has 1 aromatic carbocycles. The molecular formula is C18H19N5O3. The summed E-state index contributed by atoms with van der Waals surface area (Å²) in [5.74, 6) is -0.994. The average Bonchev–Trinajstić information content (AvgIpc) is 2.99. The number of nitrogens with zero attached hydrogens (tertiary/aromatic N) is 4. The topological polar surface area (TPSA) is 109 Å². The number of rotatable bonds is 4. The Kier molecular flexibility index (Phi) is 4.19. The fourth-order valence-electron chi connectivity index (χ4n) is 2.54. The predicted octanol–water partition coefficient (Wildman–Crippen LogP) is 2.36. The molecule has 2 heterocycles. The first-order chi connectivity index (χ1) is 12.2. The standard InChI is InChI=1S/C18H19N5O3/c1-10-9-11(2)23-17(19-10)21-14(22-23)15(24)20-13-7-5-12(6-8-13)18(3,4)16(25)26/h5-9H,1-4H3,(H,20,24)(H,25,26). The van der Waals surface area contributed by atoms with Crippen LogP contribution in [0.2, 0.25) is 0 Å². The maximum absolute atomic E-state index is 12.4. The highest BCUT2D eigenvalue weighted by molar-refractivity contribution is 6.01. The Labute approximate surface area is 149 Å². The second-order valence-corrected chi connectivity index (χ2v) is 6.65. The van der Waals surface area contributed by atoms with Crippen molar-refractivity contribution < 1.29 is 14.7 Å². The first-order valence-electron chi connectivity index (χ1n) is 8.05. The minimum absolute atomic E-state index is 0.0149. The number of aromatic nitrogens is 4. The predicted molar refractivity (Wildman–Crippen MR) is 95.3 cm³/mol. The van der Waals surface area contributed by atoms with Crippen molar-refractivity contribution in [2.45, 2.75) is 33.1 Å². The van der Waals surface area contributed by atoms with Crippen molar-refractivity contribution in [1.29, 1.82) is 0 Å². The van der Waals surface area contributed by atoms with Gasteiger partial charge in [-0.1, -0.05) is 12.1 Å². The minimum Gasteiger partial charge on any atom is -0.481 e. The number of nitrogens with one attached hydrogen (secondary N) is 1. The first kappa shape index (κ1) is 17.5. The van der Waals surface area contributed by atoms with Crippen LogP contribution in [-0.2, 0) is 10.2 Å². The minimum atomic E-state index is -1.01. The second-order valence-electron chi connectivity index (χ2n) is 6.65. The van der Waals surface area contributed by atoms with Gasteiger partial charge in [0.15, 0.2) is 0 Å². The number of fused-ring (bicyclic) bond motifs is 1. The number of amides is 1. The van der Waals surface area contributed by atoms with Gasteiger partial charge in [0.1, 0.15) is 0 Å². The quantitative estimate of drug-likeness (QED) is 0.745. The maximum atomic E-state index is 12.4. The Hall–Kier alpha value is -3.29. The van der Waals surface area contributed by atoms with E-state index in [2.05, 4.69) is 20.4 Å². The molecule has 0 bridgehead atoms. The van der Waals surface area contributed by atoms with Crippen LogP contribution in [0.4, 0.5) is 5.69 Å². The van der Waals surface area contributed by atoms with E-state index < -0.39 is 17.3 Å². The molecule has 1 amide bonds. The van der Waals surface area contributed by atoms with E-state index in [9.17, 15) is 14.7 Å². The molecule has 0 fully saturated rings. The summed E-state index contributed by atoms with van der Waals surface area (Å²) >= 11 is 0. The average molecular weight is 353 g/mol. The molecule has 8 nitrogen and oxygen atoms in total. The third-order valence-corrected chi connectivity index (χ3v) is 4.22. The number of aryl methyl sites for hydroxylation is 2. The summed E-state index contributed by atoms with van der Waals surface area (Å²) in [5, 5.41) is 16.2. The molecule has 0 radical (unpaired) electrons. The van der Waals surface area contributed by atoms with E-state index in [-0.39, 0.29) is 5.82 Å². The zero-order valence-corrected chi connectivity index (χ0v) is 14.9. The lowest BCUT2D eigenvalue weighted by atomic mass is 9.85. The van der Waals surface area contributed by atoms with Gasteiger partial charge in [0, 0.05) is 17.1 Å². The molecule has 8 heteroatoms. The highest BCUT2D eigenvalue weighted by Crippen LogP contribution is 2.24. The van der Waals surface area contributed by atoms with Crippen LogP contribution in [0, 0.1) is 13.8 Å². The van der Waals surface area contributed by atoms with Crippen molar-refractivity contribution in [2.75, 3.05) is 5.32 Å². The number of hydrogen-bond acceptors (Lipinski definition) is 5. The number of carboxylic acids is 1. The van der Waals surface area contributed by atoms with E-state index >= 15 is 0 Å². The van der Waals surface area contributed by atoms with Gasteiger partial charge in [-0.3, -0.25) is 9.59 Å². The number of carboxylic acid groups (broad SMARTS) is 1. The van der Waals surface area contributed by atoms with Crippen LogP contribution in [-0.4, -0.2) is 36.6 Å². The highest BCUT2D eigenvalue weighted by Gasteiger charge is 2.29. The molecule has 0 aliphatic carbocycles. The molecule has 0 saturated carbocycles. The Morgan fingerprint density at radius 3 is 2.38 bits per heavy atom. The lowest BCUT2D eigenvalue weighted by molar-refractivity contribution is -0.142. The second kappa shape index (κ2) is 6.21. The van der Waals surface area contributed by atoms with Gasteiger partial charge in [-0.2, -0.15) is 4.98 Å². The highest BCUT2D eigenvalue weighted by atomic mass is 16.4. The van der Waals surface area contributed by atoms with E-state index in [0.29, 0.717) is 17.0 Å². The van der Waals surface area contributed by atoms with Crippen molar-refractivity contribution in [3.8, 4) is 0 Å². The molecule has 3 aromatic rings. The SMILES string of the molecule is Cc1cc(C)n2nc(C(=O)Nc3ccc(C(C)(C)C(=O)O)cc3)nc2n1. The maximum Gasteiger partial charge on any atom is 0.313 e. The largest absolute Gasteiger partial charge is 0.481 e. The van der Waals surface area contributed by atoms with Crippen LogP contribution in [0.25, 0.3) is 5.78 Å². The fraction of sp³-hybridized carbons (Fsp3) is 0.278. The number of carbonyl (C=O) groups excluding carboxylic acids is 1. The summed E-state index contributed by atoms with van der Waals surface area (Å²) in [6.45, 7) is 6.96. The van der Waals surface area contributed by atoms with Crippen LogP contribution < -0.4 is 5.32 Å². The smallest absolute Gasteiger partial charge is 0.313 e. The number of anilines is 1. The van der Waals surface area contributed by atoms with Gasteiger partial charge in [0.05, 0.1) is 5.41 Å². The van der Waals surface area contributed by atoms with Gasteiger partial charge >= 0.3 is 5.97 Å².